The van der Waals surface area contributed by atoms with E-state index in [0.29, 0.717) is 5.92 Å². The van der Waals surface area contributed by atoms with Crippen molar-refractivity contribution in [2.45, 2.75) is 52.0 Å². The summed E-state index contributed by atoms with van der Waals surface area (Å²) in [5, 5.41) is 0. The van der Waals surface area contributed by atoms with Crippen molar-refractivity contribution in [1.82, 2.24) is 0 Å². The highest BCUT2D eigenvalue weighted by Crippen LogP contribution is 2.35. The van der Waals surface area contributed by atoms with E-state index in [9.17, 15) is 0 Å². The molecule has 0 amide bonds. The van der Waals surface area contributed by atoms with E-state index in [2.05, 4.69) is 38.1 Å². The summed E-state index contributed by atoms with van der Waals surface area (Å²) >= 11 is 0. The van der Waals surface area contributed by atoms with Crippen molar-refractivity contribution in [1.29, 1.82) is 0 Å². The average molecular weight is 231 g/mol. The number of rotatable bonds is 4. The van der Waals surface area contributed by atoms with Crippen LogP contribution in [0.2, 0.25) is 0 Å². The molecule has 2 rings (SSSR count). The van der Waals surface area contributed by atoms with Gasteiger partial charge in [-0.15, -0.1) is 0 Å². The first kappa shape index (κ1) is 12.6. The summed E-state index contributed by atoms with van der Waals surface area (Å²) in [5.41, 5.74) is 9.28. The Balaban J connectivity index is 1.95. The van der Waals surface area contributed by atoms with Gasteiger partial charge in [0.1, 0.15) is 0 Å². The van der Waals surface area contributed by atoms with E-state index >= 15 is 0 Å². The van der Waals surface area contributed by atoms with Crippen molar-refractivity contribution in [3.63, 3.8) is 0 Å². The van der Waals surface area contributed by atoms with Crippen molar-refractivity contribution in [3.05, 3.63) is 35.4 Å². The van der Waals surface area contributed by atoms with Gasteiger partial charge >= 0.3 is 0 Å². The van der Waals surface area contributed by atoms with E-state index in [1.807, 2.05) is 0 Å². The average Bonchev–Trinajstić information content (AvgIpc) is 2.32. The third-order valence-corrected chi connectivity index (χ3v) is 4.06. The molecule has 2 unspecified atom stereocenters. The Kier molecular flexibility index (Phi) is 4.22. The highest BCUT2D eigenvalue weighted by molar-refractivity contribution is 5.32. The highest BCUT2D eigenvalue weighted by Gasteiger charge is 2.25. The van der Waals surface area contributed by atoms with E-state index in [4.69, 9.17) is 5.73 Å². The van der Waals surface area contributed by atoms with Crippen LogP contribution in [0.3, 0.4) is 0 Å². The van der Waals surface area contributed by atoms with Gasteiger partial charge in [-0.1, -0.05) is 51.0 Å². The molecule has 2 N–H and O–H groups in total. The maximum Gasteiger partial charge on any atom is 0.0326 e. The van der Waals surface area contributed by atoms with Crippen molar-refractivity contribution in [2.24, 2.45) is 17.6 Å². The van der Waals surface area contributed by atoms with Crippen molar-refractivity contribution in [2.75, 3.05) is 0 Å². The molecule has 0 bridgehead atoms. The van der Waals surface area contributed by atoms with Gasteiger partial charge in [0.25, 0.3) is 0 Å². The first-order chi connectivity index (χ1) is 8.18. The minimum absolute atomic E-state index is 0.270. The molecule has 0 saturated carbocycles. The number of nitrogens with two attached hydrogens (primary N) is 1. The number of hydrogen-bond acceptors (Lipinski definition) is 1. The van der Waals surface area contributed by atoms with E-state index in [-0.39, 0.29) is 6.04 Å². The predicted molar refractivity (Wildman–Crippen MR) is 73.9 cm³/mol. The largest absolute Gasteiger partial charge is 0.324 e. The SMILES string of the molecule is CC(C)CCCC1CCc2ccccc2C1N. The topological polar surface area (TPSA) is 26.0 Å². The highest BCUT2D eigenvalue weighted by atomic mass is 14.7. The van der Waals surface area contributed by atoms with Gasteiger partial charge in [-0.2, -0.15) is 0 Å². The third-order valence-electron chi connectivity index (χ3n) is 4.06. The molecular formula is C16H25N. The van der Waals surface area contributed by atoms with Gasteiger partial charge in [0, 0.05) is 6.04 Å². The Bertz CT molecular complexity index is 356. The molecule has 0 spiro atoms. The lowest BCUT2D eigenvalue weighted by molar-refractivity contribution is 0.335. The zero-order valence-electron chi connectivity index (χ0n) is 11.2. The maximum atomic E-state index is 6.41. The summed E-state index contributed by atoms with van der Waals surface area (Å²) in [7, 11) is 0. The van der Waals surface area contributed by atoms with E-state index in [0.717, 1.165) is 5.92 Å². The maximum absolute atomic E-state index is 6.41. The van der Waals surface area contributed by atoms with Gasteiger partial charge < -0.3 is 5.73 Å². The van der Waals surface area contributed by atoms with Crippen LogP contribution in [0.1, 0.15) is 56.7 Å². The van der Waals surface area contributed by atoms with Crippen LogP contribution in [0.25, 0.3) is 0 Å². The van der Waals surface area contributed by atoms with Crippen molar-refractivity contribution in [3.8, 4) is 0 Å². The second-order valence-corrected chi connectivity index (χ2v) is 5.85. The first-order valence-corrected chi connectivity index (χ1v) is 7.02. The molecule has 0 aliphatic heterocycles. The van der Waals surface area contributed by atoms with Crippen LogP contribution in [-0.2, 0) is 6.42 Å². The van der Waals surface area contributed by atoms with Crippen LogP contribution in [0.5, 0.6) is 0 Å². The summed E-state index contributed by atoms with van der Waals surface area (Å²) in [5.74, 6) is 1.52. The molecule has 1 aromatic carbocycles. The Morgan fingerprint density at radius 3 is 2.82 bits per heavy atom. The quantitative estimate of drug-likeness (QED) is 0.830. The molecular weight excluding hydrogens is 206 g/mol. The molecule has 94 valence electrons. The van der Waals surface area contributed by atoms with Gasteiger partial charge in [0.15, 0.2) is 0 Å². The third kappa shape index (κ3) is 3.10. The van der Waals surface area contributed by atoms with Gasteiger partial charge in [-0.05, 0) is 42.2 Å². The summed E-state index contributed by atoms with van der Waals surface area (Å²) in [6.45, 7) is 4.60. The minimum Gasteiger partial charge on any atom is -0.324 e. The summed E-state index contributed by atoms with van der Waals surface area (Å²) in [6.07, 6.45) is 6.46. The monoisotopic (exact) mass is 231 g/mol. The van der Waals surface area contributed by atoms with Gasteiger partial charge in [0.2, 0.25) is 0 Å². The first-order valence-electron chi connectivity index (χ1n) is 7.02. The molecule has 1 aliphatic rings. The molecule has 0 radical (unpaired) electrons. The van der Waals surface area contributed by atoms with Gasteiger partial charge in [-0.25, -0.2) is 0 Å². The van der Waals surface area contributed by atoms with Crippen molar-refractivity contribution >= 4 is 0 Å². The number of fused-ring (bicyclic) bond motifs is 1. The van der Waals surface area contributed by atoms with Crippen LogP contribution in [0.4, 0.5) is 0 Å². The number of hydrogen-bond donors (Lipinski definition) is 1. The van der Waals surface area contributed by atoms with E-state index in [1.54, 1.807) is 0 Å². The molecule has 1 heteroatoms. The Hall–Kier alpha value is -0.820. The fourth-order valence-corrected chi connectivity index (χ4v) is 2.97. The van der Waals surface area contributed by atoms with Crippen molar-refractivity contribution < 1.29 is 0 Å². The molecule has 1 aromatic rings. The second-order valence-electron chi connectivity index (χ2n) is 5.85. The number of aryl methyl sites for hydroxylation is 1. The van der Waals surface area contributed by atoms with E-state index < -0.39 is 0 Å². The predicted octanol–water partition coefficient (Wildman–Crippen LogP) is 4.08. The Labute approximate surface area is 105 Å². The molecule has 0 aromatic heterocycles. The zero-order chi connectivity index (χ0) is 12.3. The lowest BCUT2D eigenvalue weighted by Crippen LogP contribution is -2.27. The fraction of sp³-hybridized carbons (Fsp3) is 0.625. The van der Waals surface area contributed by atoms with Crippen LogP contribution in [-0.4, -0.2) is 0 Å². The Morgan fingerprint density at radius 1 is 1.29 bits per heavy atom. The lowest BCUT2D eigenvalue weighted by Gasteiger charge is -2.31. The van der Waals surface area contributed by atoms with Gasteiger partial charge in [0.05, 0.1) is 0 Å². The molecule has 1 aliphatic carbocycles. The standard InChI is InChI=1S/C16H25N/c1-12(2)6-5-8-14-11-10-13-7-3-4-9-15(13)16(14)17/h3-4,7,9,12,14,16H,5-6,8,10-11,17H2,1-2H3. The fourth-order valence-electron chi connectivity index (χ4n) is 2.97. The number of benzene rings is 1. The van der Waals surface area contributed by atoms with Crippen LogP contribution in [0, 0.1) is 11.8 Å². The minimum atomic E-state index is 0.270. The molecule has 2 atom stereocenters. The van der Waals surface area contributed by atoms with Gasteiger partial charge in [-0.3, -0.25) is 0 Å². The lowest BCUT2D eigenvalue weighted by atomic mass is 9.77. The molecule has 17 heavy (non-hydrogen) atoms. The molecule has 0 fully saturated rings. The zero-order valence-corrected chi connectivity index (χ0v) is 11.2. The molecule has 1 nitrogen and oxygen atoms in total. The van der Waals surface area contributed by atoms with Crippen LogP contribution < -0.4 is 5.73 Å². The summed E-state index contributed by atoms with van der Waals surface area (Å²) in [6, 6.07) is 8.97. The van der Waals surface area contributed by atoms with Crippen LogP contribution >= 0.6 is 0 Å². The van der Waals surface area contributed by atoms with E-state index in [1.165, 1.54) is 43.2 Å². The Morgan fingerprint density at radius 2 is 2.06 bits per heavy atom. The summed E-state index contributed by atoms with van der Waals surface area (Å²) in [4.78, 5) is 0. The molecule has 0 heterocycles. The summed E-state index contributed by atoms with van der Waals surface area (Å²) < 4.78 is 0. The smallest absolute Gasteiger partial charge is 0.0326 e. The second kappa shape index (κ2) is 5.68. The molecule has 0 saturated heterocycles. The van der Waals surface area contributed by atoms with Crippen LogP contribution in [0.15, 0.2) is 24.3 Å². The normalized spacial score (nSPS) is 23.8.